The van der Waals surface area contributed by atoms with Gasteiger partial charge >= 0.3 is 0 Å². The minimum Gasteiger partial charge on any atom is -0.320 e. The van der Waals surface area contributed by atoms with Gasteiger partial charge in [-0.2, -0.15) is 0 Å². The molecule has 0 spiro atoms. The topological polar surface area (TPSA) is 17.0 Å². The second-order valence-corrected chi connectivity index (χ2v) is 8.76. The SMILES string of the molecule is Cc1cccc(-n2cccc2CNC23CC4CC(CC(C4)C2)C3)c1. The highest BCUT2D eigenvalue weighted by molar-refractivity contribution is 5.38. The minimum absolute atomic E-state index is 0.441. The molecule has 4 bridgehead atoms. The summed E-state index contributed by atoms with van der Waals surface area (Å²) in [4.78, 5) is 0. The molecule has 0 saturated heterocycles. The van der Waals surface area contributed by atoms with E-state index < -0.39 is 0 Å². The van der Waals surface area contributed by atoms with E-state index in [0.717, 1.165) is 24.3 Å². The molecule has 2 heteroatoms. The van der Waals surface area contributed by atoms with E-state index in [1.54, 1.807) is 0 Å². The van der Waals surface area contributed by atoms with Gasteiger partial charge in [-0.25, -0.2) is 0 Å². The quantitative estimate of drug-likeness (QED) is 0.852. The van der Waals surface area contributed by atoms with E-state index >= 15 is 0 Å². The average Bonchev–Trinajstić information content (AvgIpc) is 3.00. The van der Waals surface area contributed by atoms with Crippen LogP contribution in [-0.2, 0) is 6.54 Å². The number of benzene rings is 1. The second-order valence-electron chi connectivity index (χ2n) is 8.76. The fraction of sp³-hybridized carbons (Fsp3) is 0.545. The van der Waals surface area contributed by atoms with Crippen LogP contribution in [0.2, 0.25) is 0 Å². The number of aryl methyl sites for hydroxylation is 1. The molecule has 1 aromatic heterocycles. The third-order valence-electron chi connectivity index (χ3n) is 6.80. The maximum absolute atomic E-state index is 4.03. The molecule has 126 valence electrons. The predicted molar refractivity (Wildman–Crippen MR) is 98.2 cm³/mol. The van der Waals surface area contributed by atoms with Gasteiger partial charge in [0.1, 0.15) is 0 Å². The summed E-state index contributed by atoms with van der Waals surface area (Å²) < 4.78 is 2.35. The zero-order valence-corrected chi connectivity index (χ0v) is 14.7. The summed E-state index contributed by atoms with van der Waals surface area (Å²) in [5.74, 6) is 3.02. The van der Waals surface area contributed by atoms with Gasteiger partial charge in [0.05, 0.1) is 0 Å². The second kappa shape index (κ2) is 5.49. The summed E-state index contributed by atoms with van der Waals surface area (Å²) >= 11 is 0. The summed E-state index contributed by atoms with van der Waals surface area (Å²) in [6.07, 6.45) is 11.0. The van der Waals surface area contributed by atoms with Crippen molar-refractivity contribution in [3.05, 3.63) is 53.9 Å². The standard InChI is InChI=1S/C22H28N2/c1-16-4-2-5-20(8-16)24-7-3-6-21(24)15-23-22-12-17-9-18(13-22)11-19(10-17)14-22/h2-8,17-19,23H,9-15H2,1H3. The summed E-state index contributed by atoms with van der Waals surface area (Å²) in [7, 11) is 0. The number of hydrogen-bond donors (Lipinski definition) is 1. The number of aromatic nitrogens is 1. The molecular formula is C22H28N2. The molecule has 2 aromatic rings. The summed E-state index contributed by atoms with van der Waals surface area (Å²) in [6.45, 7) is 3.16. The molecule has 1 heterocycles. The molecule has 4 saturated carbocycles. The first-order chi connectivity index (χ1) is 11.7. The highest BCUT2D eigenvalue weighted by Crippen LogP contribution is 2.55. The van der Waals surface area contributed by atoms with Crippen molar-refractivity contribution in [1.29, 1.82) is 0 Å². The maximum atomic E-state index is 4.03. The Morgan fingerprint density at radius 2 is 1.71 bits per heavy atom. The first-order valence-corrected chi connectivity index (χ1v) is 9.67. The summed E-state index contributed by atoms with van der Waals surface area (Å²) in [5.41, 5.74) is 4.43. The van der Waals surface area contributed by atoms with Crippen LogP contribution in [0.15, 0.2) is 42.6 Å². The number of nitrogens with one attached hydrogen (secondary N) is 1. The fourth-order valence-electron chi connectivity index (χ4n) is 6.20. The smallest absolute Gasteiger partial charge is 0.0455 e. The van der Waals surface area contributed by atoms with Gasteiger partial charge in [0.25, 0.3) is 0 Å². The van der Waals surface area contributed by atoms with E-state index in [2.05, 4.69) is 59.4 Å². The van der Waals surface area contributed by atoms with Gasteiger partial charge in [-0.3, -0.25) is 0 Å². The molecule has 0 radical (unpaired) electrons. The van der Waals surface area contributed by atoms with E-state index in [1.165, 1.54) is 55.5 Å². The molecule has 0 amide bonds. The van der Waals surface area contributed by atoms with Crippen LogP contribution >= 0.6 is 0 Å². The van der Waals surface area contributed by atoms with Crippen molar-refractivity contribution in [2.75, 3.05) is 0 Å². The molecule has 2 nitrogen and oxygen atoms in total. The van der Waals surface area contributed by atoms with Gasteiger partial charge in [0.15, 0.2) is 0 Å². The molecule has 0 atom stereocenters. The highest BCUT2D eigenvalue weighted by Gasteiger charge is 2.50. The zero-order valence-electron chi connectivity index (χ0n) is 14.7. The van der Waals surface area contributed by atoms with Crippen LogP contribution in [0.25, 0.3) is 5.69 Å². The molecule has 24 heavy (non-hydrogen) atoms. The first kappa shape index (κ1) is 14.8. The molecule has 4 aliphatic rings. The molecule has 1 aromatic carbocycles. The average molecular weight is 320 g/mol. The highest BCUT2D eigenvalue weighted by atomic mass is 15.0. The maximum Gasteiger partial charge on any atom is 0.0455 e. The van der Waals surface area contributed by atoms with Crippen LogP contribution < -0.4 is 5.32 Å². The fourth-order valence-corrected chi connectivity index (χ4v) is 6.20. The van der Waals surface area contributed by atoms with Crippen molar-refractivity contribution >= 4 is 0 Å². The molecule has 1 N–H and O–H groups in total. The van der Waals surface area contributed by atoms with Crippen molar-refractivity contribution in [2.45, 2.75) is 57.5 Å². The van der Waals surface area contributed by atoms with Crippen LogP contribution in [0.1, 0.15) is 49.8 Å². The summed E-state index contributed by atoms with van der Waals surface area (Å²) in [5, 5.41) is 4.03. The van der Waals surface area contributed by atoms with Crippen molar-refractivity contribution in [3.8, 4) is 5.69 Å². The molecule has 0 unspecified atom stereocenters. The monoisotopic (exact) mass is 320 g/mol. The lowest BCUT2D eigenvalue weighted by molar-refractivity contribution is -0.0207. The van der Waals surface area contributed by atoms with E-state index in [-0.39, 0.29) is 0 Å². The Labute approximate surface area is 145 Å². The lowest BCUT2D eigenvalue weighted by atomic mass is 9.53. The van der Waals surface area contributed by atoms with Crippen LogP contribution in [0, 0.1) is 24.7 Å². The lowest BCUT2D eigenvalue weighted by Crippen LogP contribution is -2.58. The number of nitrogens with zero attached hydrogens (tertiary/aromatic N) is 1. The van der Waals surface area contributed by atoms with Crippen molar-refractivity contribution in [2.24, 2.45) is 17.8 Å². The van der Waals surface area contributed by atoms with E-state index in [1.807, 2.05) is 0 Å². The Hall–Kier alpha value is -1.54. The normalized spacial score (nSPS) is 34.0. The van der Waals surface area contributed by atoms with Crippen LogP contribution in [-0.4, -0.2) is 10.1 Å². The Morgan fingerprint density at radius 3 is 2.38 bits per heavy atom. The van der Waals surface area contributed by atoms with E-state index in [9.17, 15) is 0 Å². The Balaban J connectivity index is 1.36. The molecule has 0 aliphatic heterocycles. The first-order valence-electron chi connectivity index (χ1n) is 9.67. The van der Waals surface area contributed by atoms with E-state index in [0.29, 0.717) is 5.54 Å². The van der Waals surface area contributed by atoms with Crippen molar-refractivity contribution in [3.63, 3.8) is 0 Å². The molecule has 6 rings (SSSR count). The van der Waals surface area contributed by atoms with Gasteiger partial charge in [0, 0.05) is 29.7 Å². The van der Waals surface area contributed by atoms with Crippen molar-refractivity contribution in [1.82, 2.24) is 9.88 Å². The van der Waals surface area contributed by atoms with Gasteiger partial charge in [-0.15, -0.1) is 0 Å². The zero-order chi connectivity index (χ0) is 16.1. The third kappa shape index (κ3) is 2.52. The number of hydrogen-bond acceptors (Lipinski definition) is 1. The number of rotatable bonds is 4. The largest absolute Gasteiger partial charge is 0.320 e. The minimum atomic E-state index is 0.441. The van der Waals surface area contributed by atoms with Crippen LogP contribution in [0.4, 0.5) is 0 Å². The van der Waals surface area contributed by atoms with Crippen LogP contribution in [0.5, 0.6) is 0 Å². The summed E-state index contributed by atoms with van der Waals surface area (Å²) in [6, 6.07) is 13.3. The molecule has 4 fully saturated rings. The Kier molecular flexibility index (Phi) is 3.38. The Bertz CT molecular complexity index is 707. The molecular weight excluding hydrogens is 292 g/mol. The van der Waals surface area contributed by atoms with Crippen LogP contribution in [0.3, 0.4) is 0 Å². The lowest BCUT2D eigenvalue weighted by Gasteiger charge is -2.57. The van der Waals surface area contributed by atoms with Gasteiger partial charge in [-0.05, 0) is 93.0 Å². The van der Waals surface area contributed by atoms with Gasteiger partial charge in [-0.1, -0.05) is 12.1 Å². The predicted octanol–water partition coefficient (Wildman–Crippen LogP) is 4.84. The third-order valence-corrected chi connectivity index (χ3v) is 6.80. The van der Waals surface area contributed by atoms with E-state index in [4.69, 9.17) is 0 Å². The van der Waals surface area contributed by atoms with Crippen molar-refractivity contribution < 1.29 is 0 Å². The Morgan fingerprint density at radius 1 is 1.00 bits per heavy atom. The molecule has 4 aliphatic carbocycles. The van der Waals surface area contributed by atoms with Gasteiger partial charge < -0.3 is 9.88 Å². The van der Waals surface area contributed by atoms with Gasteiger partial charge in [0.2, 0.25) is 0 Å².